The molecule has 1 aromatic rings. The van der Waals surface area contributed by atoms with Gasteiger partial charge in [-0.1, -0.05) is 18.2 Å². The van der Waals surface area contributed by atoms with E-state index in [0.29, 0.717) is 0 Å². The number of alkyl carbamates (subject to hydrolysis) is 1. The number of rotatable bonds is 3. The van der Waals surface area contributed by atoms with E-state index >= 15 is 0 Å². The van der Waals surface area contributed by atoms with Crippen molar-refractivity contribution in [2.75, 3.05) is 0 Å². The molecular weight excluding hydrogens is 247 g/mol. The lowest BCUT2D eigenvalue weighted by atomic mass is 10.1. The van der Waals surface area contributed by atoms with Crippen molar-refractivity contribution in [3.8, 4) is 0 Å². The van der Waals surface area contributed by atoms with Gasteiger partial charge in [0, 0.05) is 11.6 Å². The van der Waals surface area contributed by atoms with Crippen LogP contribution in [-0.4, -0.2) is 12.1 Å². The van der Waals surface area contributed by atoms with Gasteiger partial charge < -0.3 is 10.1 Å². The minimum atomic E-state index is -4.45. The van der Waals surface area contributed by atoms with Crippen LogP contribution in [0.3, 0.4) is 0 Å². The van der Waals surface area contributed by atoms with Crippen LogP contribution in [-0.2, 0) is 17.5 Å². The van der Waals surface area contributed by atoms with Gasteiger partial charge in [0.05, 0.1) is 5.56 Å². The van der Waals surface area contributed by atoms with E-state index in [1.54, 1.807) is 13.8 Å². The van der Waals surface area contributed by atoms with Crippen LogP contribution >= 0.6 is 0 Å². The van der Waals surface area contributed by atoms with Gasteiger partial charge in [0.2, 0.25) is 0 Å². The highest BCUT2D eigenvalue weighted by Crippen LogP contribution is 2.32. The molecule has 0 saturated carbocycles. The van der Waals surface area contributed by atoms with Crippen molar-refractivity contribution in [2.24, 2.45) is 0 Å². The van der Waals surface area contributed by atoms with Gasteiger partial charge in [-0.05, 0) is 19.9 Å². The fraction of sp³-hybridized carbons (Fsp3) is 0.417. The Bertz CT molecular complexity index is 416. The Morgan fingerprint density at radius 2 is 1.94 bits per heavy atom. The zero-order valence-corrected chi connectivity index (χ0v) is 10.0. The molecule has 0 radical (unpaired) electrons. The van der Waals surface area contributed by atoms with E-state index in [2.05, 4.69) is 5.32 Å². The highest BCUT2D eigenvalue weighted by Gasteiger charge is 2.33. The number of benzene rings is 1. The number of alkyl halides is 3. The van der Waals surface area contributed by atoms with Gasteiger partial charge in [0.15, 0.2) is 0 Å². The molecular formula is C12H14F3NO2. The number of carbonyl (C=O) groups is 1. The van der Waals surface area contributed by atoms with Crippen LogP contribution in [0.4, 0.5) is 18.0 Å². The van der Waals surface area contributed by atoms with Gasteiger partial charge in [-0.3, -0.25) is 0 Å². The Labute approximate surface area is 103 Å². The molecule has 1 aromatic carbocycles. The van der Waals surface area contributed by atoms with Gasteiger partial charge in [-0.2, -0.15) is 13.2 Å². The Morgan fingerprint density at radius 1 is 1.33 bits per heavy atom. The van der Waals surface area contributed by atoms with Crippen molar-refractivity contribution in [3.63, 3.8) is 0 Å². The quantitative estimate of drug-likeness (QED) is 0.906. The molecule has 6 heteroatoms. The van der Waals surface area contributed by atoms with Crippen LogP contribution in [0.25, 0.3) is 0 Å². The van der Waals surface area contributed by atoms with E-state index in [1.807, 2.05) is 0 Å². The maximum Gasteiger partial charge on any atom is 0.416 e. The summed E-state index contributed by atoms with van der Waals surface area (Å²) >= 11 is 0. The molecule has 0 aliphatic carbocycles. The first-order valence-electron chi connectivity index (χ1n) is 5.39. The van der Waals surface area contributed by atoms with Gasteiger partial charge in [0.25, 0.3) is 0 Å². The van der Waals surface area contributed by atoms with E-state index in [-0.39, 0.29) is 11.6 Å². The standard InChI is InChI=1S/C12H14F3NO2/c1-8(2)16-11(17)18-7-9-5-3-4-6-10(9)12(13,14)15/h3-6,8H,7H2,1-2H3,(H,16,17). The second kappa shape index (κ2) is 5.75. The average Bonchev–Trinajstić information content (AvgIpc) is 2.24. The summed E-state index contributed by atoms with van der Waals surface area (Å²) in [5.74, 6) is 0. The van der Waals surface area contributed by atoms with Crippen molar-refractivity contribution in [1.82, 2.24) is 5.32 Å². The molecule has 0 aromatic heterocycles. The largest absolute Gasteiger partial charge is 0.445 e. The molecule has 0 unspecified atom stereocenters. The summed E-state index contributed by atoms with van der Waals surface area (Å²) in [7, 11) is 0. The van der Waals surface area contributed by atoms with E-state index in [9.17, 15) is 18.0 Å². The smallest absolute Gasteiger partial charge is 0.416 e. The maximum atomic E-state index is 12.6. The second-order valence-electron chi connectivity index (χ2n) is 4.03. The molecule has 0 atom stereocenters. The third-order valence-electron chi connectivity index (χ3n) is 2.09. The van der Waals surface area contributed by atoms with E-state index in [1.165, 1.54) is 18.2 Å². The SMILES string of the molecule is CC(C)NC(=O)OCc1ccccc1C(F)(F)F. The number of halogens is 3. The van der Waals surface area contributed by atoms with Gasteiger partial charge in [-0.15, -0.1) is 0 Å². The highest BCUT2D eigenvalue weighted by atomic mass is 19.4. The van der Waals surface area contributed by atoms with Crippen molar-refractivity contribution in [1.29, 1.82) is 0 Å². The highest BCUT2D eigenvalue weighted by molar-refractivity contribution is 5.67. The number of hydrogen-bond donors (Lipinski definition) is 1. The summed E-state index contributed by atoms with van der Waals surface area (Å²) in [6.07, 6.45) is -5.18. The van der Waals surface area contributed by atoms with Crippen LogP contribution < -0.4 is 5.32 Å². The first kappa shape index (κ1) is 14.3. The van der Waals surface area contributed by atoms with Crippen molar-refractivity contribution in [2.45, 2.75) is 32.7 Å². The minimum Gasteiger partial charge on any atom is -0.445 e. The Hall–Kier alpha value is -1.72. The molecule has 1 amide bonds. The molecule has 18 heavy (non-hydrogen) atoms. The molecule has 1 rings (SSSR count). The molecule has 0 spiro atoms. The van der Waals surface area contributed by atoms with E-state index in [0.717, 1.165) is 6.07 Å². The lowest BCUT2D eigenvalue weighted by Gasteiger charge is -2.13. The third kappa shape index (κ3) is 4.27. The van der Waals surface area contributed by atoms with Crippen LogP contribution in [0.2, 0.25) is 0 Å². The van der Waals surface area contributed by atoms with E-state index in [4.69, 9.17) is 4.74 Å². The lowest BCUT2D eigenvalue weighted by Crippen LogP contribution is -2.30. The van der Waals surface area contributed by atoms with Crippen LogP contribution in [0.1, 0.15) is 25.0 Å². The van der Waals surface area contributed by atoms with Gasteiger partial charge >= 0.3 is 12.3 Å². The summed E-state index contributed by atoms with van der Waals surface area (Å²) in [6.45, 7) is 3.05. The molecule has 1 N–H and O–H groups in total. The van der Waals surface area contributed by atoms with Gasteiger partial charge in [-0.25, -0.2) is 4.79 Å². The molecule has 0 aliphatic heterocycles. The first-order chi connectivity index (χ1) is 8.30. The zero-order chi connectivity index (χ0) is 13.8. The van der Waals surface area contributed by atoms with E-state index < -0.39 is 24.4 Å². The first-order valence-corrected chi connectivity index (χ1v) is 5.39. The van der Waals surface area contributed by atoms with Crippen molar-refractivity contribution >= 4 is 6.09 Å². The summed E-state index contributed by atoms with van der Waals surface area (Å²) in [5.41, 5.74) is -0.855. The summed E-state index contributed by atoms with van der Waals surface area (Å²) < 4.78 is 42.6. The normalized spacial score (nSPS) is 11.4. The number of ether oxygens (including phenoxy) is 1. The molecule has 100 valence electrons. The fourth-order valence-electron chi connectivity index (χ4n) is 1.34. The monoisotopic (exact) mass is 261 g/mol. The summed E-state index contributed by atoms with van der Waals surface area (Å²) in [4.78, 5) is 11.2. The molecule has 0 heterocycles. The van der Waals surface area contributed by atoms with Crippen LogP contribution in [0.15, 0.2) is 24.3 Å². The Morgan fingerprint density at radius 3 is 2.50 bits per heavy atom. The van der Waals surface area contributed by atoms with Crippen molar-refractivity contribution in [3.05, 3.63) is 35.4 Å². The lowest BCUT2D eigenvalue weighted by molar-refractivity contribution is -0.138. The summed E-state index contributed by atoms with van der Waals surface area (Å²) in [5, 5.41) is 2.43. The number of hydrogen-bond acceptors (Lipinski definition) is 2. The fourth-order valence-corrected chi connectivity index (χ4v) is 1.34. The van der Waals surface area contributed by atoms with Crippen LogP contribution in [0.5, 0.6) is 0 Å². The molecule has 0 bridgehead atoms. The third-order valence-corrected chi connectivity index (χ3v) is 2.09. The Balaban J connectivity index is 2.71. The maximum absolute atomic E-state index is 12.6. The molecule has 0 aliphatic rings. The number of carbonyl (C=O) groups excluding carboxylic acids is 1. The molecule has 0 saturated heterocycles. The average molecular weight is 261 g/mol. The second-order valence-corrected chi connectivity index (χ2v) is 4.03. The Kier molecular flexibility index (Phi) is 4.58. The van der Waals surface area contributed by atoms with Crippen molar-refractivity contribution < 1.29 is 22.7 Å². The number of amides is 1. The minimum absolute atomic E-state index is 0.0658. The topological polar surface area (TPSA) is 38.3 Å². The van der Waals surface area contributed by atoms with Gasteiger partial charge in [0.1, 0.15) is 6.61 Å². The zero-order valence-electron chi connectivity index (χ0n) is 10.0. The number of nitrogens with one attached hydrogen (secondary N) is 1. The van der Waals surface area contributed by atoms with Crippen LogP contribution in [0, 0.1) is 0 Å². The molecule has 3 nitrogen and oxygen atoms in total. The predicted octanol–water partition coefficient (Wildman–Crippen LogP) is 3.34. The summed E-state index contributed by atoms with van der Waals surface area (Å²) in [6, 6.07) is 4.87. The molecule has 0 fully saturated rings. The predicted molar refractivity (Wildman–Crippen MR) is 59.9 cm³/mol.